The van der Waals surface area contributed by atoms with E-state index in [1.807, 2.05) is 0 Å². The molecule has 0 bridgehead atoms. The van der Waals surface area contributed by atoms with E-state index in [1.54, 1.807) is 6.21 Å². The molecule has 2 heteroatoms. The van der Waals surface area contributed by atoms with Crippen LogP contribution in [0.1, 0.15) is 13.3 Å². The Morgan fingerprint density at radius 2 is 2.38 bits per heavy atom. The summed E-state index contributed by atoms with van der Waals surface area (Å²) < 4.78 is 0. The summed E-state index contributed by atoms with van der Waals surface area (Å²) in [6.07, 6.45) is 2.89. The zero-order valence-electron chi connectivity index (χ0n) is 5.30. The van der Waals surface area contributed by atoms with Crippen molar-refractivity contribution in [3.05, 3.63) is 0 Å². The molecule has 0 saturated carbocycles. The predicted molar refractivity (Wildman–Crippen MR) is 38.1 cm³/mol. The highest BCUT2D eigenvalue weighted by molar-refractivity contribution is 5.60. The van der Waals surface area contributed by atoms with Crippen molar-refractivity contribution >= 4 is 12.9 Å². The molecule has 0 aromatic carbocycles. The van der Waals surface area contributed by atoms with Crippen molar-refractivity contribution in [2.75, 3.05) is 13.1 Å². The first-order valence-corrected chi connectivity index (χ1v) is 2.82. The number of hydrogen-bond acceptors (Lipinski definition) is 2. The van der Waals surface area contributed by atoms with Crippen LogP contribution in [0.15, 0.2) is 9.98 Å². The van der Waals surface area contributed by atoms with E-state index in [0.29, 0.717) is 6.54 Å². The Kier molecular flexibility index (Phi) is 5.82. The molecule has 0 unspecified atom stereocenters. The van der Waals surface area contributed by atoms with E-state index in [0.717, 1.165) is 13.0 Å². The van der Waals surface area contributed by atoms with Gasteiger partial charge in [0.25, 0.3) is 0 Å². The fraction of sp³-hybridized carbons (Fsp3) is 0.667. The molecule has 0 heterocycles. The van der Waals surface area contributed by atoms with Gasteiger partial charge < -0.3 is 0 Å². The molecule has 0 aromatic rings. The normalized spacial score (nSPS) is 10.1. The van der Waals surface area contributed by atoms with Crippen LogP contribution in [0.3, 0.4) is 0 Å². The Bertz CT molecular complexity index is 76.6. The number of aliphatic imine (C=N–C) groups is 2. The standard InChI is InChI=1S/C6H12N2/c1-3-4-8-6-5-7-2/h6H,2-5H2,1H3. The van der Waals surface area contributed by atoms with Gasteiger partial charge in [-0.1, -0.05) is 6.92 Å². The summed E-state index contributed by atoms with van der Waals surface area (Å²) >= 11 is 0. The largest absolute Gasteiger partial charge is 0.296 e. The SMILES string of the molecule is C=NCC=NCCC. The Morgan fingerprint density at radius 1 is 1.62 bits per heavy atom. The van der Waals surface area contributed by atoms with Gasteiger partial charge in [0.2, 0.25) is 0 Å². The molecule has 0 radical (unpaired) electrons. The zero-order chi connectivity index (χ0) is 6.24. The molecule has 0 spiro atoms. The van der Waals surface area contributed by atoms with Crippen LogP contribution in [0.2, 0.25) is 0 Å². The first-order valence-electron chi connectivity index (χ1n) is 2.82. The molecule has 0 N–H and O–H groups in total. The maximum absolute atomic E-state index is 4.02. The van der Waals surface area contributed by atoms with Crippen molar-refractivity contribution in [3.8, 4) is 0 Å². The lowest BCUT2D eigenvalue weighted by atomic mass is 10.5. The second kappa shape index (κ2) is 6.34. The van der Waals surface area contributed by atoms with Crippen molar-refractivity contribution in [3.63, 3.8) is 0 Å². The van der Waals surface area contributed by atoms with Gasteiger partial charge >= 0.3 is 0 Å². The van der Waals surface area contributed by atoms with E-state index in [4.69, 9.17) is 0 Å². The fourth-order valence-electron chi connectivity index (χ4n) is 0.336. The Labute approximate surface area is 50.4 Å². The summed E-state index contributed by atoms with van der Waals surface area (Å²) in [7, 11) is 0. The first kappa shape index (κ1) is 7.34. The minimum absolute atomic E-state index is 0.653. The Hall–Kier alpha value is -0.660. The lowest BCUT2D eigenvalue weighted by molar-refractivity contribution is 0.934. The van der Waals surface area contributed by atoms with E-state index in [2.05, 4.69) is 23.6 Å². The molecule has 0 atom stereocenters. The first-order chi connectivity index (χ1) is 3.91. The van der Waals surface area contributed by atoms with Crippen LogP contribution in [0.5, 0.6) is 0 Å². The van der Waals surface area contributed by atoms with Crippen LogP contribution in [0.4, 0.5) is 0 Å². The van der Waals surface area contributed by atoms with Crippen molar-refractivity contribution < 1.29 is 0 Å². The van der Waals surface area contributed by atoms with Crippen LogP contribution in [0, 0.1) is 0 Å². The molecule has 0 fully saturated rings. The monoisotopic (exact) mass is 112 g/mol. The van der Waals surface area contributed by atoms with Gasteiger partial charge in [-0.25, -0.2) is 0 Å². The van der Waals surface area contributed by atoms with Crippen molar-refractivity contribution in [1.82, 2.24) is 0 Å². The third kappa shape index (κ3) is 5.34. The van der Waals surface area contributed by atoms with Gasteiger partial charge in [-0.3, -0.25) is 9.98 Å². The molecule has 0 aliphatic heterocycles. The highest BCUT2D eigenvalue weighted by Crippen LogP contribution is 1.74. The highest BCUT2D eigenvalue weighted by atomic mass is 14.7. The highest BCUT2D eigenvalue weighted by Gasteiger charge is 1.69. The minimum atomic E-state index is 0.653. The van der Waals surface area contributed by atoms with E-state index in [1.165, 1.54) is 0 Å². The lowest BCUT2D eigenvalue weighted by Crippen LogP contribution is -1.81. The van der Waals surface area contributed by atoms with E-state index in [-0.39, 0.29) is 0 Å². The molecule has 0 amide bonds. The molecular formula is C6H12N2. The maximum Gasteiger partial charge on any atom is 0.0730 e. The number of nitrogens with zero attached hydrogens (tertiary/aromatic N) is 2. The van der Waals surface area contributed by atoms with Crippen LogP contribution in [0.25, 0.3) is 0 Å². The van der Waals surface area contributed by atoms with Gasteiger partial charge in [-0.15, -0.1) is 0 Å². The average Bonchev–Trinajstić information content (AvgIpc) is 1.81. The van der Waals surface area contributed by atoms with E-state index >= 15 is 0 Å². The van der Waals surface area contributed by atoms with Crippen LogP contribution < -0.4 is 0 Å². The van der Waals surface area contributed by atoms with Gasteiger partial charge in [0, 0.05) is 12.8 Å². The van der Waals surface area contributed by atoms with E-state index in [9.17, 15) is 0 Å². The van der Waals surface area contributed by atoms with Gasteiger partial charge in [0.1, 0.15) is 0 Å². The second-order valence-corrected chi connectivity index (χ2v) is 1.49. The van der Waals surface area contributed by atoms with Gasteiger partial charge in [0.05, 0.1) is 6.54 Å². The molecule has 46 valence electrons. The van der Waals surface area contributed by atoms with Gasteiger partial charge in [-0.2, -0.15) is 0 Å². The molecule has 0 saturated heterocycles. The smallest absolute Gasteiger partial charge is 0.0730 e. The Balaban J connectivity index is 2.94. The van der Waals surface area contributed by atoms with Crippen molar-refractivity contribution in [2.45, 2.75) is 13.3 Å². The van der Waals surface area contributed by atoms with Crippen molar-refractivity contribution in [1.29, 1.82) is 0 Å². The molecule has 8 heavy (non-hydrogen) atoms. The molecule has 2 nitrogen and oxygen atoms in total. The summed E-state index contributed by atoms with van der Waals surface area (Å²) in [5, 5.41) is 0. The van der Waals surface area contributed by atoms with Gasteiger partial charge in [-0.05, 0) is 13.1 Å². The summed E-state index contributed by atoms with van der Waals surface area (Å²) in [5.74, 6) is 0. The molecule has 0 aliphatic rings. The third-order valence-electron chi connectivity index (χ3n) is 0.693. The quantitative estimate of drug-likeness (QED) is 0.488. The van der Waals surface area contributed by atoms with Crippen molar-refractivity contribution in [2.24, 2.45) is 9.98 Å². The third-order valence-corrected chi connectivity index (χ3v) is 0.693. The lowest BCUT2D eigenvalue weighted by Gasteiger charge is -1.82. The zero-order valence-corrected chi connectivity index (χ0v) is 5.30. The summed E-state index contributed by atoms with van der Waals surface area (Å²) in [4.78, 5) is 7.63. The number of hydrogen-bond donors (Lipinski definition) is 0. The van der Waals surface area contributed by atoms with Crippen LogP contribution in [-0.2, 0) is 0 Å². The Morgan fingerprint density at radius 3 is 2.88 bits per heavy atom. The molecule has 0 aromatic heterocycles. The fourth-order valence-corrected chi connectivity index (χ4v) is 0.336. The van der Waals surface area contributed by atoms with Crippen LogP contribution >= 0.6 is 0 Å². The minimum Gasteiger partial charge on any atom is -0.296 e. The maximum atomic E-state index is 4.02. The second-order valence-electron chi connectivity index (χ2n) is 1.49. The molecule has 0 aliphatic carbocycles. The molecule has 0 rings (SSSR count). The summed E-state index contributed by atoms with van der Waals surface area (Å²) in [6, 6.07) is 0. The van der Waals surface area contributed by atoms with Crippen LogP contribution in [-0.4, -0.2) is 26.0 Å². The predicted octanol–water partition coefficient (Wildman–Crippen LogP) is 1.17. The topological polar surface area (TPSA) is 24.7 Å². The molecular weight excluding hydrogens is 100 g/mol. The summed E-state index contributed by atoms with van der Waals surface area (Å²) in [6.45, 7) is 6.98. The number of rotatable bonds is 4. The summed E-state index contributed by atoms with van der Waals surface area (Å²) in [5.41, 5.74) is 0. The average molecular weight is 112 g/mol. The van der Waals surface area contributed by atoms with E-state index < -0.39 is 0 Å². The van der Waals surface area contributed by atoms with Gasteiger partial charge in [0.15, 0.2) is 0 Å².